The minimum atomic E-state index is -0.450. The van der Waals surface area contributed by atoms with E-state index in [9.17, 15) is 4.79 Å². The average molecular weight is 515 g/mol. The maximum Gasteiger partial charge on any atom is 0.312 e. The number of ether oxygens (including phenoxy) is 1. The summed E-state index contributed by atoms with van der Waals surface area (Å²) in [6.07, 6.45) is 0. The number of nitrogens with zero attached hydrogens (tertiary/aromatic N) is 4. The molecule has 1 saturated heterocycles. The van der Waals surface area contributed by atoms with Crippen molar-refractivity contribution in [3.05, 3.63) is 65.7 Å². The van der Waals surface area contributed by atoms with Crippen LogP contribution in [0.15, 0.2) is 63.6 Å². The van der Waals surface area contributed by atoms with E-state index in [1.165, 1.54) is 0 Å². The van der Waals surface area contributed by atoms with Crippen LogP contribution in [0.25, 0.3) is 34.3 Å². The standard InChI is InChI=1S/C30H34N4O4/c1-29(2,3)23-24(32-37-25(23)20-10-8-7-9-11-20)27-31-26(33-38-27)21-14-12-19(13-15-21)16-34-17-22(18-34)28(35)36-30(4,5)6/h7-15,22H,16-18H2,1-6H3. The van der Waals surface area contributed by atoms with Gasteiger partial charge in [-0.2, -0.15) is 4.98 Å². The summed E-state index contributed by atoms with van der Waals surface area (Å²) in [5.74, 6) is 1.35. The quantitative estimate of drug-likeness (QED) is 0.284. The minimum Gasteiger partial charge on any atom is -0.460 e. The van der Waals surface area contributed by atoms with Crippen LogP contribution in [-0.4, -0.2) is 44.9 Å². The second kappa shape index (κ2) is 9.83. The molecule has 0 aliphatic carbocycles. The van der Waals surface area contributed by atoms with Gasteiger partial charge in [0.25, 0.3) is 5.89 Å². The second-order valence-electron chi connectivity index (χ2n) is 11.9. The summed E-state index contributed by atoms with van der Waals surface area (Å²) in [6.45, 7) is 14.2. The number of likely N-dealkylation sites (tertiary alicyclic amines) is 1. The third kappa shape index (κ3) is 5.55. The summed E-state index contributed by atoms with van der Waals surface area (Å²) in [4.78, 5) is 19.1. The van der Waals surface area contributed by atoms with Gasteiger partial charge in [-0.05, 0) is 31.7 Å². The number of benzene rings is 2. The predicted octanol–water partition coefficient (Wildman–Crippen LogP) is 6.13. The maximum atomic E-state index is 12.2. The first-order chi connectivity index (χ1) is 18.0. The Labute approximate surface area is 223 Å². The molecule has 2 aromatic carbocycles. The van der Waals surface area contributed by atoms with E-state index in [0.717, 1.165) is 28.8 Å². The fourth-order valence-corrected chi connectivity index (χ4v) is 4.61. The largest absolute Gasteiger partial charge is 0.460 e. The van der Waals surface area contributed by atoms with Gasteiger partial charge in [0, 0.05) is 36.3 Å². The Kier molecular flexibility index (Phi) is 6.69. The van der Waals surface area contributed by atoms with Gasteiger partial charge in [-0.1, -0.05) is 85.7 Å². The maximum absolute atomic E-state index is 12.2. The molecule has 0 bridgehead atoms. The molecular formula is C30H34N4O4. The summed E-state index contributed by atoms with van der Waals surface area (Å²) in [7, 11) is 0. The Morgan fingerprint density at radius 3 is 2.24 bits per heavy atom. The molecular weight excluding hydrogens is 480 g/mol. The van der Waals surface area contributed by atoms with Gasteiger partial charge in [0.05, 0.1) is 5.92 Å². The molecule has 1 aliphatic heterocycles. The lowest BCUT2D eigenvalue weighted by Crippen LogP contribution is -2.51. The topological polar surface area (TPSA) is 94.5 Å². The first-order valence-corrected chi connectivity index (χ1v) is 12.9. The van der Waals surface area contributed by atoms with Crippen molar-refractivity contribution >= 4 is 5.97 Å². The number of aromatic nitrogens is 3. The molecule has 8 heteroatoms. The van der Waals surface area contributed by atoms with Crippen LogP contribution >= 0.6 is 0 Å². The molecule has 0 N–H and O–H groups in total. The summed E-state index contributed by atoms with van der Waals surface area (Å²) in [6, 6.07) is 18.0. The number of carbonyl (C=O) groups excluding carboxylic acids is 1. The molecule has 1 aliphatic rings. The van der Waals surface area contributed by atoms with Crippen LogP contribution < -0.4 is 0 Å². The molecule has 0 radical (unpaired) electrons. The summed E-state index contributed by atoms with van der Waals surface area (Å²) >= 11 is 0. The van der Waals surface area contributed by atoms with E-state index in [0.29, 0.717) is 36.3 Å². The number of rotatable bonds is 6. The van der Waals surface area contributed by atoms with Crippen LogP contribution in [0.1, 0.15) is 52.7 Å². The van der Waals surface area contributed by atoms with Crippen molar-refractivity contribution in [3.63, 3.8) is 0 Å². The Morgan fingerprint density at radius 1 is 0.921 bits per heavy atom. The molecule has 0 saturated carbocycles. The predicted molar refractivity (Wildman–Crippen MR) is 144 cm³/mol. The van der Waals surface area contributed by atoms with Gasteiger partial charge in [-0.15, -0.1) is 0 Å². The van der Waals surface area contributed by atoms with Gasteiger partial charge >= 0.3 is 5.97 Å². The van der Waals surface area contributed by atoms with Crippen molar-refractivity contribution in [2.75, 3.05) is 13.1 Å². The van der Waals surface area contributed by atoms with Crippen LogP contribution in [0.5, 0.6) is 0 Å². The van der Waals surface area contributed by atoms with E-state index < -0.39 is 5.60 Å². The number of esters is 1. The Bertz CT molecular complexity index is 1400. The molecule has 38 heavy (non-hydrogen) atoms. The van der Waals surface area contributed by atoms with Crippen molar-refractivity contribution in [1.82, 2.24) is 20.2 Å². The van der Waals surface area contributed by atoms with E-state index in [2.05, 4.69) is 53.1 Å². The van der Waals surface area contributed by atoms with Crippen LogP contribution in [0.4, 0.5) is 0 Å². The lowest BCUT2D eigenvalue weighted by atomic mass is 9.84. The van der Waals surface area contributed by atoms with Gasteiger partial charge in [0.2, 0.25) is 5.82 Å². The second-order valence-corrected chi connectivity index (χ2v) is 11.9. The highest BCUT2D eigenvalue weighted by molar-refractivity contribution is 5.74. The molecule has 2 aromatic heterocycles. The number of hydrogen-bond donors (Lipinski definition) is 0. The molecule has 0 atom stereocenters. The monoisotopic (exact) mass is 514 g/mol. The van der Waals surface area contributed by atoms with Crippen molar-refractivity contribution < 1.29 is 18.6 Å². The third-order valence-electron chi connectivity index (χ3n) is 6.42. The Balaban J connectivity index is 1.28. The zero-order valence-corrected chi connectivity index (χ0v) is 22.8. The first kappa shape index (κ1) is 25.9. The lowest BCUT2D eigenvalue weighted by molar-refractivity contribution is -0.166. The Hall–Kier alpha value is -3.78. The highest BCUT2D eigenvalue weighted by atomic mass is 16.6. The molecule has 0 spiro atoms. The molecule has 0 unspecified atom stereocenters. The Morgan fingerprint density at radius 2 is 1.61 bits per heavy atom. The molecule has 0 amide bonds. The molecule has 4 aromatic rings. The lowest BCUT2D eigenvalue weighted by Gasteiger charge is -2.38. The summed E-state index contributed by atoms with van der Waals surface area (Å²) in [5.41, 5.74) is 3.73. The molecule has 198 valence electrons. The zero-order valence-electron chi connectivity index (χ0n) is 22.8. The molecule has 1 fully saturated rings. The van der Waals surface area contributed by atoms with Crippen LogP contribution in [0, 0.1) is 5.92 Å². The van der Waals surface area contributed by atoms with Crippen molar-refractivity contribution in [2.24, 2.45) is 5.92 Å². The van der Waals surface area contributed by atoms with E-state index >= 15 is 0 Å². The van der Waals surface area contributed by atoms with Crippen LogP contribution in [-0.2, 0) is 21.5 Å². The minimum absolute atomic E-state index is 0.0526. The number of carbonyl (C=O) groups is 1. The van der Waals surface area contributed by atoms with Gasteiger partial charge in [0.1, 0.15) is 5.60 Å². The summed E-state index contributed by atoms with van der Waals surface area (Å²) < 4.78 is 16.9. The molecule has 3 heterocycles. The van der Waals surface area contributed by atoms with E-state index in [-0.39, 0.29) is 17.3 Å². The fraction of sp³-hybridized carbons (Fsp3) is 0.400. The zero-order chi connectivity index (χ0) is 27.1. The van der Waals surface area contributed by atoms with Crippen LogP contribution in [0.3, 0.4) is 0 Å². The van der Waals surface area contributed by atoms with Crippen LogP contribution in [0.2, 0.25) is 0 Å². The van der Waals surface area contributed by atoms with Gasteiger partial charge in [-0.3, -0.25) is 9.69 Å². The van der Waals surface area contributed by atoms with Gasteiger partial charge in [0.15, 0.2) is 11.5 Å². The highest BCUT2D eigenvalue weighted by Gasteiger charge is 2.35. The van der Waals surface area contributed by atoms with Gasteiger partial charge < -0.3 is 13.8 Å². The normalized spacial score (nSPS) is 14.9. The SMILES string of the molecule is CC(C)(C)OC(=O)C1CN(Cc2ccc(-c3noc(-c4noc(-c5ccccc5)c4C(C)(C)C)n3)cc2)C1. The van der Waals surface area contributed by atoms with Crippen molar-refractivity contribution in [2.45, 2.75) is 59.1 Å². The third-order valence-corrected chi connectivity index (χ3v) is 6.42. The van der Waals surface area contributed by atoms with E-state index in [1.807, 2.05) is 63.2 Å². The van der Waals surface area contributed by atoms with E-state index in [4.69, 9.17) is 13.8 Å². The average Bonchev–Trinajstić information content (AvgIpc) is 3.48. The van der Waals surface area contributed by atoms with E-state index in [1.54, 1.807) is 0 Å². The smallest absolute Gasteiger partial charge is 0.312 e. The summed E-state index contributed by atoms with van der Waals surface area (Å²) in [5, 5.41) is 8.54. The highest BCUT2D eigenvalue weighted by Crippen LogP contribution is 2.40. The van der Waals surface area contributed by atoms with Crippen molar-refractivity contribution in [3.8, 4) is 34.3 Å². The first-order valence-electron chi connectivity index (χ1n) is 12.9. The van der Waals surface area contributed by atoms with Crippen molar-refractivity contribution in [1.29, 1.82) is 0 Å². The number of hydrogen-bond acceptors (Lipinski definition) is 8. The van der Waals surface area contributed by atoms with Gasteiger partial charge in [-0.25, -0.2) is 0 Å². The fourth-order valence-electron chi connectivity index (χ4n) is 4.61. The molecule has 5 rings (SSSR count). The molecule has 8 nitrogen and oxygen atoms in total.